The Bertz CT molecular complexity index is 1770. The first kappa shape index (κ1) is 38.3. The Balaban J connectivity index is 0.000000167. The van der Waals surface area contributed by atoms with Crippen molar-refractivity contribution < 1.29 is 38.2 Å². The van der Waals surface area contributed by atoms with Gasteiger partial charge in [0.25, 0.3) is 0 Å². The fraction of sp³-hybridized carbons (Fsp3) is 0.609. The first-order chi connectivity index (χ1) is 25.3. The van der Waals surface area contributed by atoms with Crippen molar-refractivity contribution in [2.75, 3.05) is 0 Å². The van der Waals surface area contributed by atoms with Gasteiger partial charge in [-0.05, 0) is 136 Å². The van der Waals surface area contributed by atoms with Crippen molar-refractivity contribution in [1.82, 2.24) is 0 Å². The summed E-state index contributed by atoms with van der Waals surface area (Å²) in [7, 11) is 0. The quantitative estimate of drug-likeness (QED) is 0.267. The summed E-state index contributed by atoms with van der Waals surface area (Å²) in [4.78, 5) is 72.7. The van der Waals surface area contributed by atoms with Crippen molar-refractivity contribution >= 4 is 35.1 Å². The van der Waals surface area contributed by atoms with Gasteiger partial charge in [-0.2, -0.15) is 0 Å². The molecule has 4 saturated carbocycles. The summed E-state index contributed by atoms with van der Waals surface area (Å²) in [5.74, 6) is 1.31. The number of hydrogen-bond donors (Lipinski definition) is 0. The molecule has 0 aromatic carbocycles. The van der Waals surface area contributed by atoms with Gasteiger partial charge in [-0.1, -0.05) is 64.2 Å². The number of ketones is 4. The molecule has 54 heavy (non-hydrogen) atoms. The Morgan fingerprint density at radius 1 is 0.537 bits per heavy atom. The molecule has 0 aliphatic heterocycles. The van der Waals surface area contributed by atoms with E-state index in [-0.39, 0.29) is 56.7 Å². The molecule has 0 unspecified atom stereocenters. The molecular formula is C46H56O8. The van der Waals surface area contributed by atoms with Crippen LogP contribution in [0.4, 0.5) is 0 Å². The molecule has 8 heteroatoms. The number of Topliss-reactive ketones (excluding diaryl/α,β-unsaturated/α-hetero) is 2. The number of ether oxygens (including phenoxy) is 2. The topological polar surface area (TPSA) is 121 Å². The molecule has 0 aromatic rings. The highest BCUT2D eigenvalue weighted by molar-refractivity contribution is 6.02. The Labute approximate surface area is 319 Å². The normalized spacial score (nSPS) is 44.8. The van der Waals surface area contributed by atoms with E-state index in [0.717, 1.165) is 49.7 Å². The van der Waals surface area contributed by atoms with Crippen molar-refractivity contribution in [2.24, 2.45) is 57.2 Å². The fourth-order valence-corrected chi connectivity index (χ4v) is 13.4. The monoisotopic (exact) mass is 736 g/mol. The average Bonchev–Trinajstić information content (AvgIpc) is 3.57. The predicted octanol–water partition coefficient (Wildman–Crippen LogP) is 7.92. The minimum atomic E-state index is -1.00. The van der Waals surface area contributed by atoms with Gasteiger partial charge in [0.2, 0.25) is 0 Å². The van der Waals surface area contributed by atoms with Crippen LogP contribution in [0, 0.1) is 57.2 Å². The fourth-order valence-electron chi connectivity index (χ4n) is 13.4. The Morgan fingerprint density at radius 3 is 1.22 bits per heavy atom. The van der Waals surface area contributed by atoms with E-state index in [9.17, 15) is 28.8 Å². The largest absolute Gasteiger partial charge is 0.451 e. The zero-order valence-electron chi connectivity index (χ0n) is 33.2. The summed E-state index contributed by atoms with van der Waals surface area (Å²) < 4.78 is 11.6. The Morgan fingerprint density at radius 2 is 0.889 bits per heavy atom. The highest BCUT2D eigenvalue weighted by atomic mass is 16.6. The van der Waals surface area contributed by atoms with Crippen LogP contribution in [0.5, 0.6) is 0 Å². The third-order valence-corrected chi connectivity index (χ3v) is 16.2. The standard InChI is InChI=1S/2C23H28O4/c2*1-14(24)23(27-15(2)25)12-9-20-18-6-5-16-13-17(26)7-10-21(16,3)19(18)8-11-22(20,23)4/h2*5-7,10,13,18-20H,8-9,11-12H2,1-4H3/t2*18-,19+,20+,21+,22+,23+/m11/s1. The highest BCUT2D eigenvalue weighted by Crippen LogP contribution is 2.68. The van der Waals surface area contributed by atoms with Crippen LogP contribution in [0.25, 0.3) is 0 Å². The number of hydrogen-bond acceptors (Lipinski definition) is 8. The van der Waals surface area contributed by atoms with Crippen LogP contribution in [0.15, 0.2) is 71.9 Å². The van der Waals surface area contributed by atoms with E-state index in [1.807, 2.05) is 0 Å². The van der Waals surface area contributed by atoms with Gasteiger partial charge >= 0.3 is 11.9 Å². The molecule has 0 aromatic heterocycles. The van der Waals surface area contributed by atoms with Gasteiger partial charge in [0.15, 0.2) is 34.3 Å². The number of carbonyl (C=O) groups is 6. The van der Waals surface area contributed by atoms with E-state index in [1.54, 1.807) is 38.2 Å². The zero-order chi connectivity index (χ0) is 39.2. The molecule has 0 amide bonds. The van der Waals surface area contributed by atoms with Crippen LogP contribution >= 0.6 is 0 Å². The second-order valence-electron chi connectivity index (χ2n) is 18.5. The maximum absolute atomic E-state index is 12.7. The number of fused-ring (bicyclic) bond motifs is 10. The molecule has 12 atom stereocenters. The molecule has 0 heterocycles. The minimum absolute atomic E-state index is 0.0316. The molecule has 0 spiro atoms. The summed E-state index contributed by atoms with van der Waals surface area (Å²) in [5, 5.41) is 0. The minimum Gasteiger partial charge on any atom is -0.451 e. The van der Waals surface area contributed by atoms with Crippen LogP contribution in [-0.4, -0.2) is 46.3 Å². The molecule has 288 valence electrons. The molecular weight excluding hydrogens is 680 g/mol. The molecule has 8 aliphatic carbocycles. The summed E-state index contributed by atoms with van der Waals surface area (Å²) in [6.07, 6.45) is 26.3. The summed E-state index contributed by atoms with van der Waals surface area (Å²) in [6.45, 7) is 14.7. The highest BCUT2D eigenvalue weighted by Gasteiger charge is 2.68. The first-order valence-corrected chi connectivity index (χ1v) is 20.0. The van der Waals surface area contributed by atoms with E-state index in [1.165, 1.54) is 13.8 Å². The molecule has 0 bridgehead atoms. The lowest BCUT2D eigenvalue weighted by Gasteiger charge is -2.56. The predicted molar refractivity (Wildman–Crippen MR) is 203 cm³/mol. The molecule has 8 nitrogen and oxygen atoms in total. The van der Waals surface area contributed by atoms with Gasteiger partial charge in [-0.25, -0.2) is 0 Å². The van der Waals surface area contributed by atoms with E-state index >= 15 is 0 Å². The SMILES string of the molecule is CC(=O)O[C@]1(C(C)=O)CC[C@H]2[C@@H]3C=CC4=CC(=O)C=C[C@]4(C)[C@H]3CC[C@@]21C.CC(=O)O[C@]1(C(C)=O)CC[C@H]2[C@@H]3C=CC4=CC(=O)C=C[C@]4(C)[C@H]3CC[C@@]21C. The van der Waals surface area contributed by atoms with E-state index in [0.29, 0.717) is 48.3 Å². The van der Waals surface area contributed by atoms with Crippen molar-refractivity contribution in [3.8, 4) is 0 Å². The third-order valence-electron chi connectivity index (χ3n) is 16.2. The zero-order valence-corrected chi connectivity index (χ0v) is 33.2. The van der Waals surface area contributed by atoms with E-state index < -0.39 is 11.2 Å². The van der Waals surface area contributed by atoms with Crippen molar-refractivity contribution in [2.45, 2.75) is 118 Å². The van der Waals surface area contributed by atoms with Gasteiger partial charge in [0.05, 0.1) is 0 Å². The lowest BCUT2D eigenvalue weighted by molar-refractivity contribution is -0.184. The second kappa shape index (κ2) is 12.8. The lowest BCUT2D eigenvalue weighted by Crippen LogP contribution is -2.57. The second-order valence-corrected chi connectivity index (χ2v) is 18.5. The third kappa shape index (κ3) is 5.27. The molecule has 0 N–H and O–H groups in total. The summed E-state index contributed by atoms with van der Waals surface area (Å²) >= 11 is 0. The van der Waals surface area contributed by atoms with Crippen LogP contribution in [0.2, 0.25) is 0 Å². The number of carbonyl (C=O) groups excluding carboxylic acids is 6. The first-order valence-electron chi connectivity index (χ1n) is 20.0. The van der Waals surface area contributed by atoms with Gasteiger partial charge < -0.3 is 9.47 Å². The summed E-state index contributed by atoms with van der Waals surface area (Å²) in [5.41, 5.74) is -0.792. The molecule has 8 aliphatic rings. The number of allylic oxidation sites excluding steroid dienone is 12. The Hall–Kier alpha value is -3.94. The average molecular weight is 737 g/mol. The van der Waals surface area contributed by atoms with Gasteiger partial charge in [-0.3, -0.25) is 28.8 Å². The number of esters is 2. The van der Waals surface area contributed by atoms with Crippen molar-refractivity contribution in [3.05, 3.63) is 71.9 Å². The number of rotatable bonds is 4. The van der Waals surface area contributed by atoms with Crippen LogP contribution in [0.3, 0.4) is 0 Å². The van der Waals surface area contributed by atoms with Crippen molar-refractivity contribution in [3.63, 3.8) is 0 Å². The molecule has 0 saturated heterocycles. The van der Waals surface area contributed by atoms with Crippen LogP contribution < -0.4 is 0 Å². The maximum Gasteiger partial charge on any atom is 0.303 e. The smallest absolute Gasteiger partial charge is 0.303 e. The van der Waals surface area contributed by atoms with Crippen molar-refractivity contribution in [1.29, 1.82) is 0 Å². The lowest BCUT2D eigenvalue weighted by atomic mass is 9.49. The summed E-state index contributed by atoms with van der Waals surface area (Å²) in [6, 6.07) is 0. The molecule has 4 fully saturated rings. The van der Waals surface area contributed by atoms with Crippen LogP contribution in [0.1, 0.15) is 107 Å². The van der Waals surface area contributed by atoms with Gasteiger partial charge in [-0.15, -0.1) is 0 Å². The Kier molecular flexibility index (Phi) is 9.09. The van der Waals surface area contributed by atoms with E-state index in [2.05, 4.69) is 64.2 Å². The van der Waals surface area contributed by atoms with E-state index in [4.69, 9.17) is 9.47 Å². The molecule has 8 rings (SSSR count). The molecule has 0 radical (unpaired) electrons. The van der Waals surface area contributed by atoms with Gasteiger partial charge in [0.1, 0.15) is 0 Å². The van der Waals surface area contributed by atoms with Crippen LogP contribution in [-0.2, 0) is 38.2 Å². The maximum atomic E-state index is 12.7. The van der Waals surface area contributed by atoms with Gasteiger partial charge in [0, 0.05) is 35.5 Å².